The van der Waals surface area contributed by atoms with Crippen molar-refractivity contribution in [3.63, 3.8) is 0 Å². The highest BCUT2D eigenvalue weighted by molar-refractivity contribution is 5.91. The number of esters is 4. The first-order valence-corrected chi connectivity index (χ1v) is 13.7. The maximum absolute atomic E-state index is 13.3. The summed E-state index contributed by atoms with van der Waals surface area (Å²) in [7, 11) is 0. The Kier molecular flexibility index (Phi) is 9.75. The fourth-order valence-corrected chi connectivity index (χ4v) is 4.54. The molecule has 4 aromatic carbocycles. The molecule has 10 heteroatoms. The van der Waals surface area contributed by atoms with Crippen LogP contribution in [0.25, 0.3) is 0 Å². The second-order valence-electron chi connectivity index (χ2n) is 9.74. The quantitative estimate of drug-likeness (QED) is 0.221. The predicted octanol–water partition coefficient (Wildman–Crippen LogP) is 4.24. The van der Waals surface area contributed by atoms with Crippen molar-refractivity contribution in [2.75, 3.05) is 6.61 Å². The SMILES string of the molecule is O=C(OCC1O[C@@H](O)C(OC(=O)c2ccccc2)[C@H](OC(=O)c2ccccc2)[C@H]1OC(=O)c1ccccc1)c1ccccc1. The van der Waals surface area contributed by atoms with Crippen molar-refractivity contribution in [2.45, 2.75) is 30.7 Å². The Morgan fingerprint density at radius 2 is 0.841 bits per heavy atom. The number of aliphatic hydroxyl groups is 1. The largest absolute Gasteiger partial charge is 0.459 e. The zero-order chi connectivity index (χ0) is 30.9. The van der Waals surface area contributed by atoms with E-state index >= 15 is 0 Å². The van der Waals surface area contributed by atoms with Crippen molar-refractivity contribution in [1.29, 1.82) is 0 Å². The normalized spacial score (nSPS) is 21.0. The highest BCUT2D eigenvalue weighted by atomic mass is 16.7. The van der Waals surface area contributed by atoms with Crippen molar-refractivity contribution in [3.8, 4) is 0 Å². The van der Waals surface area contributed by atoms with Crippen LogP contribution in [0.2, 0.25) is 0 Å². The van der Waals surface area contributed by atoms with Gasteiger partial charge in [-0.1, -0.05) is 72.8 Å². The smallest absolute Gasteiger partial charge is 0.338 e. The monoisotopic (exact) mass is 596 g/mol. The molecule has 5 atom stereocenters. The van der Waals surface area contributed by atoms with Crippen LogP contribution >= 0.6 is 0 Å². The summed E-state index contributed by atoms with van der Waals surface area (Å²) in [6.07, 6.45) is -7.89. The molecule has 0 saturated carbocycles. The number of aliphatic hydroxyl groups excluding tert-OH is 1. The van der Waals surface area contributed by atoms with E-state index in [4.69, 9.17) is 23.7 Å². The lowest BCUT2D eigenvalue weighted by molar-refractivity contribution is -0.284. The van der Waals surface area contributed by atoms with Crippen LogP contribution in [-0.4, -0.2) is 66.3 Å². The molecular weight excluding hydrogens is 568 g/mol. The molecule has 44 heavy (non-hydrogen) atoms. The van der Waals surface area contributed by atoms with Crippen LogP contribution in [0.1, 0.15) is 41.4 Å². The fraction of sp³-hybridized carbons (Fsp3) is 0.176. The predicted molar refractivity (Wildman–Crippen MR) is 155 cm³/mol. The number of hydrogen-bond acceptors (Lipinski definition) is 10. The van der Waals surface area contributed by atoms with Gasteiger partial charge in [-0.15, -0.1) is 0 Å². The first kappa shape index (κ1) is 30.1. The maximum Gasteiger partial charge on any atom is 0.338 e. The molecule has 0 amide bonds. The Bertz CT molecular complexity index is 1560. The van der Waals surface area contributed by atoms with Crippen molar-refractivity contribution in [3.05, 3.63) is 144 Å². The van der Waals surface area contributed by atoms with E-state index < -0.39 is 61.2 Å². The number of carbonyl (C=O) groups is 4. The molecule has 0 aliphatic carbocycles. The number of ether oxygens (including phenoxy) is 5. The molecule has 5 rings (SSSR count). The van der Waals surface area contributed by atoms with Gasteiger partial charge in [0.25, 0.3) is 0 Å². The van der Waals surface area contributed by atoms with Gasteiger partial charge >= 0.3 is 23.9 Å². The van der Waals surface area contributed by atoms with E-state index in [1.807, 2.05) is 0 Å². The summed E-state index contributed by atoms with van der Waals surface area (Å²) < 4.78 is 28.4. The molecule has 0 radical (unpaired) electrons. The van der Waals surface area contributed by atoms with E-state index in [1.165, 1.54) is 36.4 Å². The fourth-order valence-electron chi connectivity index (χ4n) is 4.54. The topological polar surface area (TPSA) is 135 Å². The summed E-state index contributed by atoms with van der Waals surface area (Å²) in [5, 5.41) is 11.1. The van der Waals surface area contributed by atoms with Crippen LogP contribution in [-0.2, 0) is 23.7 Å². The van der Waals surface area contributed by atoms with Gasteiger partial charge in [0.2, 0.25) is 0 Å². The van der Waals surface area contributed by atoms with E-state index in [2.05, 4.69) is 0 Å². The number of rotatable bonds is 9. The van der Waals surface area contributed by atoms with Crippen molar-refractivity contribution >= 4 is 23.9 Å². The Labute approximate surface area is 252 Å². The van der Waals surface area contributed by atoms with Gasteiger partial charge in [0.05, 0.1) is 22.3 Å². The molecule has 0 bridgehead atoms. The summed E-state index contributed by atoms with van der Waals surface area (Å²) in [5.41, 5.74) is 0.736. The molecule has 1 heterocycles. The highest BCUT2D eigenvalue weighted by Crippen LogP contribution is 2.30. The van der Waals surface area contributed by atoms with Crippen LogP contribution in [0.4, 0.5) is 0 Å². The van der Waals surface area contributed by atoms with Crippen LogP contribution in [0.15, 0.2) is 121 Å². The lowest BCUT2D eigenvalue weighted by Crippen LogP contribution is -2.62. The number of carbonyl (C=O) groups excluding carboxylic acids is 4. The van der Waals surface area contributed by atoms with E-state index in [0.717, 1.165) is 0 Å². The van der Waals surface area contributed by atoms with Gasteiger partial charge in [0, 0.05) is 0 Å². The Morgan fingerprint density at radius 1 is 0.500 bits per heavy atom. The second kappa shape index (κ2) is 14.2. The molecular formula is C34H28O10. The van der Waals surface area contributed by atoms with Crippen LogP contribution in [0.5, 0.6) is 0 Å². The van der Waals surface area contributed by atoms with Crippen molar-refractivity contribution in [2.24, 2.45) is 0 Å². The summed E-state index contributed by atoms with van der Waals surface area (Å²) in [5.74, 6) is -3.21. The van der Waals surface area contributed by atoms with Gasteiger partial charge in [-0.05, 0) is 48.5 Å². The Morgan fingerprint density at radius 3 is 1.25 bits per heavy atom. The molecule has 4 aromatic rings. The second-order valence-corrected chi connectivity index (χ2v) is 9.74. The van der Waals surface area contributed by atoms with E-state index in [0.29, 0.717) is 0 Å². The van der Waals surface area contributed by atoms with Crippen LogP contribution < -0.4 is 0 Å². The molecule has 10 nitrogen and oxygen atoms in total. The number of benzene rings is 4. The van der Waals surface area contributed by atoms with Gasteiger partial charge in [-0.25, -0.2) is 19.2 Å². The third-order valence-electron chi connectivity index (χ3n) is 6.76. The molecule has 1 fully saturated rings. The first-order valence-electron chi connectivity index (χ1n) is 13.7. The Balaban J connectivity index is 1.48. The summed E-state index contributed by atoms with van der Waals surface area (Å²) in [6, 6.07) is 32.1. The van der Waals surface area contributed by atoms with Gasteiger partial charge in [0.1, 0.15) is 12.7 Å². The number of hydrogen-bond donors (Lipinski definition) is 1. The zero-order valence-corrected chi connectivity index (χ0v) is 23.3. The minimum Gasteiger partial charge on any atom is -0.459 e. The molecule has 0 spiro atoms. The molecule has 224 valence electrons. The van der Waals surface area contributed by atoms with Crippen molar-refractivity contribution < 1.29 is 48.0 Å². The zero-order valence-electron chi connectivity index (χ0n) is 23.3. The maximum atomic E-state index is 13.3. The lowest BCUT2D eigenvalue weighted by atomic mass is 9.97. The Hall–Kier alpha value is -5.32. The third-order valence-corrected chi connectivity index (χ3v) is 6.76. The minimum atomic E-state index is -1.86. The summed E-state index contributed by atoms with van der Waals surface area (Å²) in [6.45, 7) is -0.504. The molecule has 1 aliphatic heterocycles. The van der Waals surface area contributed by atoms with Gasteiger partial charge in [0.15, 0.2) is 24.6 Å². The van der Waals surface area contributed by atoms with E-state index in [1.54, 1.807) is 84.9 Å². The average Bonchev–Trinajstić information content (AvgIpc) is 3.07. The van der Waals surface area contributed by atoms with Gasteiger partial charge in [-0.2, -0.15) is 0 Å². The molecule has 1 saturated heterocycles. The van der Waals surface area contributed by atoms with E-state index in [-0.39, 0.29) is 22.3 Å². The summed E-state index contributed by atoms with van der Waals surface area (Å²) in [4.78, 5) is 52.3. The standard InChI is InChI=1S/C34H28O10/c35-30(22-13-5-1-6-14-22)40-21-26-27(42-31(36)23-15-7-2-8-16-23)28(43-32(37)24-17-9-3-10-18-24)29(34(39)41-26)44-33(38)25-19-11-4-12-20-25/h1-20,26-29,34,39H,21H2/t26?,27-,28+,29?,34+/m0/s1. The minimum absolute atomic E-state index is 0.154. The third kappa shape index (κ3) is 7.35. The molecule has 0 aromatic heterocycles. The van der Waals surface area contributed by atoms with Gasteiger partial charge < -0.3 is 28.8 Å². The van der Waals surface area contributed by atoms with Crippen molar-refractivity contribution in [1.82, 2.24) is 0 Å². The lowest BCUT2D eigenvalue weighted by Gasteiger charge is -2.42. The first-order chi connectivity index (χ1) is 21.4. The van der Waals surface area contributed by atoms with Crippen LogP contribution in [0.3, 0.4) is 0 Å². The van der Waals surface area contributed by atoms with Gasteiger partial charge in [-0.3, -0.25) is 0 Å². The average molecular weight is 597 g/mol. The summed E-state index contributed by atoms with van der Waals surface area (Å²) >= 11 is 0. The molecule has 1 N–H and O–H groups in total. The molecule has 1 aliphatic rings. The van der Waals surface area contributed by atoms with Crippen LogP contribution in [0, 0.1) is 0 Å². The van der Waals surface area contributed by atoms with E-state index in [9.17, 15) is 24.3 Å². The molecule has 2 unspecified atom stereocenters. The highest BCUT2D eigenvalue weighted by Gasteiger charge is 2.52.